The number of hydrogen-bond acceptors (Lipinski definition) is 2. The molecule has 0 saturated heterocycles. The van der Waals surface area contributed by atoms with Crippen LogP contribution in [0.15, 0.2) is 58.3 Å². The Labute approximate surface area is 130 Å². The van der Waals surface area contributed by atoms with Gasteiger partial charge in [-0.3, -0.25) is 0 Å². The molecule has 0 spiro atoms. The van der Waals surface area contributed by atoms with E-state index in [0.717, 1.165) is 5.02 Å². The molecule has 106 valence electrons. The van der Waals surface area contributed by atoms with E-state index in [1.54, 1.807) is 11.8 Å². The maximum atomic E-state index is 6.42. The van der Waals surface area contributed by atoms with E-state index in [2.05, 4.69) is 39.0 Å². The van der Waals surface area contributed by atoms with Gasteiger partial charge in [0, 0.05) is 20.9 Å². The van der Waals surface area contributed by atoms with Gasteiger partial charge in [0.05, 0.1) is 0 Å². The van der Waals surface area contributed by atoms with E-state index in [9.17, 15) is 0 Å². The van der Waals surface area contributed by atoms with Crippen molar-refractivity contribution in [3.8, 4) is 0 Å². The average molecular weight is 306 g/mol. The lowest BCUT2D eigenvalue weighted by Crippen LogP contribution is -2.26. The summed E-state index contributed by atoms with van der Waals surface area (Å²) < 4.78 is 0. The van der Waals surface area contributed by atoms with E-state index in [-0.39, 0.29) is 11.5 Å². The Kier molecular flexibility index (Phi) is 4.79. The van der Waals surface area contributed by atoms with Crippen molar-refractivity contribution in [3.63, 3.8) is 0 Å². The van der Waals surface area contributed by atoms with Crippen molar-refractivity contribution in [2.75, 3.05) is 0 Å². The summed E-state index contributed by atoms with van der Waals surface area (Å²) >= 11 is 7.66. The van der Waals surface area contributed by atoms with Crippen LogP contribution >= 0.6 is 23.4 Å². The van der Waals surface area contributed by atoms with Crippen LogP contribution in [0.5, 0.6) is 0 Å². The van der Waals surface area contributed by atoms with Gasteiger partial charge in [-0.15, -0.1) is 0 Å². The highest BCUT2D eigenvalue weighted by molar-refractivity contribution is 7.99. The molecule has 1 atom stereocenters. The molecule has 0 radical (unpaired) electrons. The number of halogens is 1. The molecule has 20 heavy (non-hydrogen) atoms. The first-order chi connectivity index (χ1) is 9.38. The largest absolute Gasteiger partial charge is 0.323 e. The third kappa shape index (κ3) is 3.78. The Morgan fingerprint density at radius 2 is 1.60 bits per heavy atom. The van der Waals surface area contributed by atoms with Gasteiger partial charge < -0.3 is 5.73 Å². The molecule has 2 aromatic rings. The predicted molar refractivity (Wildman–Crippen MR) is 88.4 cm³/mol. The second-order valence-corrected chi connectivity index (χ2v) is 7.49. The van der Waals surface area contributed by atoms with Gasteiger partial charge in [-0.25, -0.2) is 0 Å². The Morgan fingerprint density at radius 3 is 2.20 bits per heavy atom. The van der Waals surface area contributed by atoms with E-state index >= 15 is 0 Å². The van der Waals surface area contributed by atoms with Gasteiger partial charge in [-0.2, -0.15) is 0 Å². The van der Waals surface area contributed by atoms with Crippen LogP contribution in [-0.2, 0) is 0 Å². The predicted octanol–water partition coefficient (Wildman–Crippen LogP) is 5.54. The van der Waals surface area contributed by atoms with Gasteiger partial charge in [0.25, 0.3) is 0 Å². The third-order valence-corrected chi connectivity index (χ3v) is 4.58. The van der Waals surface area contributed by atoms with Crippen molar-refractivity contribution in [1.29, 1.82) is 0 Å². The zero-order valence-electron chi connectivity index (χ0n) is 12.1. The van der Waals surface area contributed by atoms with Gasteiger partial charge in [-0.1, -0.05) is 62.3 Å². The molecule has 0 aliphatic carbocycles. The molecule has 0 saturated carbocycles. The maximum absolute atomic E-state index is 6.42. The standard InChI is InChI=1S/C17H20ClNS/c1-17(2,3)16(19)14-6-4-5-7-15(14)20-13-10-8-12(18)9-11-13/h4-11,16H,19H2,1-3H3/t16-/m1/s1. The van der Waals surface area contributed by atoms with Crippen LogP contribution < -0.4 is 5.73 Å². The molecule has 3 heteroatoms. The van der Waals surface area contributed by atoms with E-state index < -0.39 is 0 Å². The van der Waals surface area contributed by atoms with Crippen LogP contribution in [0.1, 0.15) is 32.4 Å². The topological polar surface area (TPSA) is 26.0 Å². The number of rotatable bonds is 3. The van der Waals surface area contributed by atoms with Crippen molar-refractivity contribution in [1.82, 2.24) is 0 Å². The fourth-order valence-electron chi connectivity index (χ4n) is 1.93. The molecule has 0 aromatic heterocycles. The highest BCUT2D eigenvalue weighted by atomic mass is 35.5. The number of nitrogens with two attached hydrogens (primary N) is 1. The molecule has 0 bridgehead atoms. The summed E-state index contributed by atoms with van der Waals surface area (Å²) in [5.74, 6) is 0. The lowest BCUT2D eigenvalue weighted by Gasteiger charge is -2.29. The SMILES string of the molecule is CC(C)(C)[C@H](N)c1ccccc1Sc1ccc(Cl)cc1. The normalized spacial score (nSPS) is 13.2. The highest BCUT2D eigenvalue weighted by Gasteiger charge is 2.24. The number of hydrogen-bond donors (Lipinski definition) is 1. The fourth-order valence-corrected chi connectivity index (χ4v) is 3.04. The Balaban J connectivity index is 2.31. The molecular formula is C17H20ClNS. The summed E-state index contributed by atoms with van der Waals surface area (Å²) in [7, 11) is 0. The smallest absolute Gasteiger partial charge is 0.0406 e. The lowest BCUT2D eigenvalue weighted by molar-refractivity contribution is 0.324. The van der Waals surface area contributed by atoms with Gasteiger partial charge >= 0.3 is 0 Å². The summed E-state index contributed by atoms with van der Waals surface area (Å²) in [5, 5.41) is 0.758. The average Bonchev–Trinajstić information content (AvgIpc) is 2.40. The monoisotopic (exact) mass is 305 g/mol. The van der Waals surface area contributed by atoms with Gasteiger partial charge in [0.1, 0.15) is 0 Å². The van der Waals surface area contributed by atoms with Gasteiger partial charge in [0.15, 0.2) is 0 Å². The highest BCUT2D eigenvalue weighted by Crippen LogP contribution is 2.38. The van der Waals surface area contributed by atoms with Crippen LogP contribution in [0.3, 0.4) is 0 Å². The second kappa shape index (κ2) is 6.21. The summed E-state index contributed by atoms with van der Waals surface area (Å²) in [6, 6.07) is 16.3. The summed E-state index contributed by atoms with van der Waals surface area (Å²) in [5.41, 5.74) is 7.65. The molecule has 1 nitrogen and oxygen atoms in total. The zero-order chi connectivity index (χ0) is 14.8. The summed E-state index contributed by atoms with van der Waals surface area (Å²) in [6.45, 7) is 6.50. The lowest BCUT2D eigenvalue weighted by atomic mass is 9.83. The quantitative estimate of drug-likeness (QED) is 0.806. The Hall–Kier alpha value is -0.960. The van der Waals surface area contributed by atoms with E-state index in [0.29, 0.717) is 0 Å². The van der Waals surface area contributed by atoms with Crippen LogP contribution in [-0.4, -0.2) is 0 Å². The Morgan fingerprint density at radius 1 is 1.00 bits per heavy atom. The minimum atomic E-state index is 0.0125. The minimum absolute atomic E-state index is 0.0125. The molecule has 0 unspecified atom stereocenters. The second-order valence-electron chi connectivity index (χ2n) is 5.94. The Bertz CT molecular complexity index is 572. The first kappa shape index (κ1) is 15.4. The van der Waals surface area contributed by atoms with Crippen molar-refractivity contribution < 1.29 is 0 Å². The molecule has 0 fully saturated rings. The van der Waals surface area contributed by atoms with E-state index in [1.165, 1.54) is 15.4 Å². The molecule has 2 aromatic carbocycles. The minimum Gasteiger partial charge on any atom is -0.323 e. The van der Waals surface area contributed by atoms with Gasteiger partial charge in [-0.05, 0) is 41.3 Å². The molecule has 0 aliphatic heterocycles. The molecule has 0 aliphatic rings. The van der Waals surface area contributed by atoms with Crippen LogP contribution in [0.25, 0.3) is 0 Å². The van der Waals surface area contributed by atoms with Crippen molar-refractivity contribution >= 4 is 23.4 Å². The van der Waals surface area contributed by atoms with Crippen LogP contribution in [0, 0.1) is 5.41 Å². The molecular weight excluding hydrogens is 286 g/mol. The third-order valence-electron chi connectivity index (χ3n) is 3.23. The summed E-state index contributed by atoms with van der Waals surface area (Å²) in [4.78, 5) is 2.38. The van der Waals surface area contributed by atoms with Crippen molar-refractivity contribution in [2.45, 2.75) is 36.6 Å². The maximum Gasteiger partial charge on any atom is 0.0406 e. The van der Waals surface area contributed by atoms with Crippen LogP contribution in [0.2, 0.25) is 5.02 Å². The van der Waals surface area contributed by atoms with Crippen molar-refractivity contribution in [2.24, 2.45) is 11.1 Å². The summed E-state index contributed by atoms with van der Waals surface area (Å²) in [6.07, 6.45) is 0. The molecule has 2 rings (SSSR count). The molecule has 2 N–H and O–H groups in total. The number of benzene rings is 2. The fraction of sp³-hybridized carbons (Fsp3) is 0.294. The van der Waals surface area contributed by atoms with E-state index in [1.807, 2.05) is 30.3 Å². The van der Waals surface area contributed by atoms with Crippen LogP contribution in [0.4, 0.5) is 0 Å². The molecule has 0 heterocycles. The zero-order valence-corrected chi connectivity index (χ0v) is 13.6. The van der Waals surface area contributed by atoms with E-state index in [4.69, 9.17) is 17.3 Å². The first-order valence-corrected chi connectivity index (χ1v) is 7.85. The molecule has 0 amide bonds. The van der Waals surface area contributed by atoms with Crippen molar-refractivity contribution in [3.05, 3.63) is 59.1 Å². The van der Waals surface area contributed by atoms with Gasteiger partial charge in [0.2, 0.25) is 0 Å². The first-order valence-electron chi connectivity index (χ1n) is 6.66.